The van der Waals surface area contributed by atoms with E-state index in [1.165, 1.54) is 107 Å². The third kappa shape index (κ3) is 10.6. The number of hydrogen-bond donors (Lipinski definition) is 0. The van der Waals surface area contributed by atoms with Crippen molar-refractivity contribution in [2.75, 3.05) is 0 Å². The molecule has 1 aromatic carbocycles. The normalized spacial score (nSPS) is 11.1. The van der Waals surface area contributed by atoms with Crippen LogP contribution in [0.15, 0.2) is 48.8 Å². The maximum atomic E-state index is 2.49. The van der Waals surface area contributed by atoms with Crippen LogP contribution >= 0.6 is 0 Å². The second-order valence-electron chi connectivity index (χ2n) is 8.75. The van der Waals surface area contributed by atoms with E-state index in [-0.39, 0.29) is 0 Å². The van der Waals surface area contributed by atoms with E-state index >= 15 is 0 Å². The van der Waals surface area contributed by atoms with Gasteiger partial charge in [-0.15, -0.1) is 0 Å². The van der Waals surface area contributed by atoms with Gasteiger partial charge in [-0.3, -0.25) is 0 Å². The van der Waals surface area contributed by atoms with Crippen LogP contribution in [0.25, 0.3) is 0 Å². The standard InChI is InChI=1S/C28H44N/c1-3-5-7-9-11-14-20-27-22-28(21-15-12-10-8-6-4-2)25-29(24-27)23-26-18-16-13-17-19-26/h13,16-19,22,24-25H,3-12,14-15,20-21,23H2,1-2H3/q+1. The van der Waals surface area contributed by atoms with Crippen LogP contribution in [0.3, 0.4) is 0 Å². The fourth-order valence-electron chi connectivity index (χ4n) is 4.15. The van der Waals surface area contributed by atoms with Crippen LogP contribution in [-0.2, 0) is 19.4 Å². The molecule has 160 valence electrons. The van der Waals surface area contributed by atoms with Crippen LogP contribution in [0.1, 0.15) is 108 Å². The number of unbranched alkanes of at least 4 members (excludes halogenated alkanes) is 10. The van der Waals surface area contributed by atoms with Crippen molar-refractivity contribution in [1.82, 2.24) is 0 Å². The van der Waals surface area contributed by atoms with Crippen LogP contribution in [0, 0.1) is 0 Å². The molecular weight excluding hydrogens is 350 g/mol. The molecule has 0 atom stereocenters. The second kappa shape index (κ2) is 15.2. The number of hydrogen-bond acceptors (Lipinski definition) is 0. The van der Waals surface area contributed by atoms with E-state index in [1.54, 1.807) is 0 Å². The summed E-state index contributed by atoms with van der Waals surface area (Å²) in [4.78, 5) is 0. The zero-order valence-electron chi connectivity index (χ0n) is 19.2. The molecule has 1 nitrogen and oxygen atoms in total. The lowest BCUT2D eigenvalue weighted by molar-refractivity contribution is -0.689. The highest BCUT2D eigenvalue weighted by Crippen LogP contribution is 2.13. The molecule has 2 aromatic rings. The summed E-state index contributed by atoms with van der Waals surface area (Å²) in [5.74, 6) is 0. The van der Waals surface area contributed by atoms with Crippen molar-refractivity contribution in [3.8, 4) is 0 Å². The molecule has 1 aromatic heterocycles. The smallest absolute Gasteiger partial charge is 0.173 e. The fraction of sp³-hybridized carbons (Fsp3) is 0.607. The van der Waals surface area contributed by atoms with E-state index in [9.17, 15) is 0 Å². The van der Waals surface area contributed by atoms with Gasteiger partial charge in [-0.1, -0.05) is 108 Å². The predicted molar refractivity (Wildman–Crippen MR) is 126 cm³/mol. The SMILES string of the molecule is CCCCCCCCc1cc(CCCCCCCC)c[n+](Cc2ccccc2)c1. The molecule has 0 aliphatic heterocycles. The summed E-state index contributed by atoms with van der Waals surface area (Å²) in [5.41, 5.74) is 4.44. The van der Waals surface area contributed by atoms with Crippen molar-refractivity contribution in [3.63, 3.8) is 0 Å². The molecule has 0 fully saturated rings. The summed E-state index contributed by atoms with van der Waals surface area (Å²) in [7, 11) is 0. The zero-order valence-corrected chi connectivity index (χ0v) is 19.2. The predicted octanol–water partition coefficient (Wildman–Crippen LogP) is 7.83. The number of nitrogens with zero attached hydrogens (tertiary/aromatic N) is 1. The average molecular weight is 395 g/mol. The van der Waals surface area contributed by atoms with Gasteiger partial charge in [-0.05, 0) is 31.7 Å². The molecule has 0 radical (unpaired) electrons. The summed E-state index contributed by atoms with van der Waals surface area (Å²) < 4.78 is 2.42. The summed E-state index contributed by atoms with van der Waals surface area (Å²) in [6.07, 6.45) is 23.7. The average Bonchev–Trinajstić information content (AvgIpc) is 2.74. The highest BCUT2D eigenvalue weighted by atomic mass is 14.9. The molecular formula is C28H44N+. The lowest BCUT2D eigenvalue weighted by Crippen LogP contribution is -2.35. The summed E-state index contributed by atoms with van der Waals surface area (Å²) in [6.45, 7) is 5.57. The molecule has 0 amide bonds. The van der Waals surface area contributed by atoms with Gasteiger partial charge in [0.15, 0.2) is 18.9 Å². The van der Waals surface area contributed by atoms with Crippen molar-refractivity contribution in [1.29, 1.82) is 0 Å². The Morgan fingerprint density at radius 1 is 0.552 bits per heavy atom. The number of rotatable bonds is 16. The first-order valence-corrected chi connectivity index (χ1v) is 12.4. The molecule has 2 rings (SSSR count). The Kier molecular flexibility index (Phi) is 12.4. The highest BCUT2D eigenvalue weighted by molar-refractivity contribution is 5.17. The Balaban J connectivity index is 1.91. The van der Waals surface area contributed by atoms with Crippen molar-refractivity contribution in [2.24, 2.45) is 0 Å². The van der Waals surface area contributed by atoms with Gasteiger partial charge in [-0.2, -0.15) is 0 Å². The molecule has 0 unspecified atom stereocenters. The zero-order chi connectivity index (χ0) is 20.6. The van der Waals surface area contributed by atoms with E-state index in [0.717, 1.165) is 6.54 Å². The first kappa shape index (κ1) is 23.6. The molecule has 0 N–H and O–H groups in total. The van der Waals surface area contributed by atoms with Crippen molar-refractivity contribution >= 4 is 0 Å². The van der Waals surface area contributed by atoms with Gasteiger partial charge in [0.05, 0.1) is 0 Å². The topological polar surface area (TPSA) is 3.88 Å². The summed E-state index contributed by atoms with van der Waals surface area (Å²) in [5, 5.41) is 0. The van der Waals surface area contributed by atoms with E-state index in [0.29, 0.717) is 0 Å². The molecule has 1 heteroatoms. The highest BCUT2D eigenvalue weighted by Gasteiger charge is 2.09. The van der Waals surface area contributed by atoms with Crippen molar-refractivity contribution in [2.45, 2.75) is 110 Å². The Hall–Kier alpha value is -1.63. The maximum Gasteiger partial charge on any atom is 0.173 e. The van der Waals surface area contributed by atoms with E-state index < -0.39 is 0 Å². The first-order chi connectivity index (χ1) is 14.3. The van der Waals surface area contributed by atoms with Crippen LogP contribution in [0.5, 0.6) is 0 Å². The monoisotopic (exact) mass is 394 g/mol. The van der Waals surface area contributed by atoms with E-state index in [2.05, 4.69) is 67.2 Å². The van der Waals surface area contributed by atoms with Gasteiger partial charge in [0.1, 0.15) is 0 Å². The third-order valence-electron chi connectivity index (χ3n) is 5.88. The van der Waals surface area contributed by atoms with E-state index in [1.807, 2.05) is 0 Å². The van der Waals surface area contributed by atoms with Crippen LogP contribution in [0.2, 0.25) is 0 Å². The first-order valence-electron chi connectivity index (χ1n) is 12.4. The Morgan fingerprint density at radius 3 is 1.55 bits per heavy atom. The van der Waals surface area contributed by atoms with Gasteiger partial charge in [-0.25, -0.2) is 4.57 Å². The molecule has 0 saturated carbocycles. The van der Waals surface area contributed by atoms with Gasteiger partial charge in [0, 0.05) is 16.7 Å². The Labute approximate surface area is 180 Å². The maximum absolute atomic E-state index is 2.49. The third-order valence-corrected chi connectivity index (χ3v) is 5.88. The molecule has 1 heterocycles. The van der Waals surface area contributed by atoms with Crippen LogP contribution in [0.4, 0.5) is 0 Å². The summed E-state index contributed by atoms with van der Waals surface area (Å²) >= 11 is 0. The minimum absolute atomic E-state index is 0.981. The quantitative estimate of drug-likeness (QED) is 0.202. The molecule has 0 bridgehead atoms. The number of benzene rings is 1. The minimum Gasteiger partial charge on any atom is -0.200 e. The van der Waals surface area contributed by atoms with Gasteiger partial charge in [0.25, 0.3) is 0 Å². The van der Waals surface area contributed by atoms with Gasteiger partial charge >= 0.3 is 0 Å². The minimum atomic E-state index is 0.981. The van der Waals surface area contributed by atoms with E-state index in [4.69, 9.17) is 0 Å². The molecule has 0 saturated heterocycles. The largest absolute Gasteiger partial charge is 0.200 e. The van der Waals surface area contributed by atoms with Crippen molar-refractivity contribution in [3.05, 3.63) is 65.5 Å². The number of aryl methyl sites for hydroxylation is 2. The Bertz CT molecular complexity index is 612. The molecule has 0 aliphatic rings. The summed E-state index contributed by atoms with van der Waals surface area (Å²) in [6, 6.07) is 13.4. The fourth-order valence-corrected chi connectivity index (χ4v) is 4.15. The van der Waals surface area contributed by atoms with Gasteiger partial charge < -0.3 is 0 Å². The van der Waals surface area contributed by atoms with Crippen LogP contribution in [-0.4, -0.2) is 0 Å². The number of aromatic nitrogens is 1. The second-order valence-corrected chi connectivity index (χ2v) is 8.75. The van der Waals surface area contributed by atoms with Crippen LogP contribution < -0.4 is 4.57 Å². The molecule has 29 heavy (non-hydrogen) atoms. The van der Waals surface area contributed by atoms with Gasteiger partial charge in [0.2, 0.25) is 0 Å². The lowest BCUT2D eigenvalue weighted by Gasteiger charge is -2.07. The molecule has 0 aliphatic carbocycles. The van der Waals surface area contributed by atoms with Crippen molar-refractivity contribution < 1.29 is 4.57 Å². The Morgan fingerprint density at radius 2 is 1.03 bits per heavy atom. The number of pyridine rings is 1. The lowest BCUT2D eigenvalue weighted by atomic mass is 10.0. The molecule has 0 spiro atoms.